The second kappa shape index (κ2) is 6.72. The predicted molar refractivity (Wildman–Crippen MR) is 81.4 cm³/mol. The van der Waals surface area contributed by atoms with Crippen LogP contribution in [-0.2, 0) is 11.8 Å². The fourth-order valence-corrected chi connectivity index (χ4v) is 3.53. The summed E-state index contributed by atoms with van der Waals surface area (Å²) in [5.41, 5.74) is 1.02. The van der Waals surface area contributed by atoms with Gasteiger partial charge in [-0.05, 0) is 5.56 Å². The third-order valence-electron chi connectivity index (χ3n) is 4.77. The SMILES string of the molecule is Cn1cc([C@H]2CNC[C@@H]2C(=O)N2CCN(CC(F)(F)F)CC2)cn1. The number of nitrogens with one attached hydrogen (secondary N) is 1. The smallest absolute Gasteiger partial charge is 0.340 e. The lowest BCUT2D eigenvalue weighted by Gasteiger charge is -2.36. The van der Waals surface area contributed by atoms with Gasteiger partial charge in [-0.1, -0.05) is 0 Å². The Balaban J connectivity index is 1.59. The molecule has 2 aliphatic heterocycles. The number of carbonyl (C=O) groups is 1. The molecule has 9 heteroatoms. The van der Waals surface area contributed by atoms with Crippen LogP contribution in [-0.4, -0.2) is 77.5 Å². The first-order valence-electron chi connectivity index (χ1n) is 8.10. The summed E-state index contributed by atoms with van der Waals surface area (Å²) in [6.45, 7) is 1.65. The lowest BCUT2D eigenvalue weighted by Crippen LogP contribution is -2.52. The maximum Gasteiger partial charge on any atom is 0.401 e. The number of rotatable bonds is 3. The van der Waals surface area contributed by atoms with Crippen molar-refractivity contribution in [3.05, 3.63) is 18.0 Å². The lowest BCUT2D eigenvalue weighted by atomic mass is 9.89. The van der Waals surface area contributed by atoms with E-state index in [9.17, 15) is 18.0 Å². The zero-order valence-corrected chi connectivity index (χ0v) is 13.6. The van der Waals surface area contributed by atoms with Crippen LogP contribution in [0.3, 0.4) is 0 Å². The van der Waals surface area contributed by atoms with E-state index < -0.39 is 12.7 Å². The molecule has 1 N–H and O–H groups in total. The summed E-state index contributed by atoms with van der Waals surface area (Å²) < 4.78 is 39.0. The van der Waals surface area contributed by atoms with E-state index in [1.54, 1.807) is 15.8 Å². The molecule has 24 heavy (non-hydrogen) atoms. The highest BCUT2D eigenvalue weighted by Crippen LogP contribution is 2.29. The molecule has 2 saturated heterocycles. The van der Waals surface area contributed by atoms with Crippen molar-refractivity contribution >= 4 is 5.91 Å². The molecule has 3 rings (SSSR count). The Bertz CT molecular complexity index is 580. The number of piperazine rings is 1. The molecule has 1 amide bonds. The molecule has 134 valence electrons. The van der Waals surface area contributed by atoms with E-state index in [4.69, 9.17) is 0 Å². The largest absolute Gasteiger partial charge is 0.401 e. The van der Waals surface area contributed by atoms with E-state index in [1.807, 2.05) is 13.2 Å². The molecule has 2 fully saturated rings. The van der Waals surface area contributed by atoms with E-state index in [1.165, 1.54) is 4.90 Å². The molecule has 0 bridgehead atoms. The first-order valence-corrected chi connectivity index (χ1v) is 8.10. The molecule has 0 aromatic carbocycles. The molecule has 1 aromatic rings. The average Bonchev–Trinajstić information content (AvgIpc) is 3.14. The minimum Gasteiger partial charge on any atom is -0.340 e. The van der Waals surface area contributed by atoms with Crippen molar-refractivity contribution in [1.29, 1.82) is 0 Å². The zero-order chi connectivity index (χ0) is 17.3. The minimum atomic E-state index is -4.19. The third-order valence-corrected chi connectivity index (χ3v) is 4.77. The Hall–Kier alpha value is -1.61. The van der Waals surface area contributed by atoms with E-state index in [0.717, 1.165) is 12.1 Å². The first-order chi connectivity index (χ1) is 11.3. The summed E-state index contributed by atoms with van der Waals surface area (Å²) in [6.07, 6.45) is -0.495. The summed E-state index contributed by atoms with van der Waals surface area (Å²) in [5, 5.41) is 7.41. The number of aryl methyl sites for hydroxylation is 1. The van der Waals surface area contributed by atoms with Gasteiger partial charge in [-0.15, -0.1) is 0 Å². The summed E-state index contributed by atoms with van der Waals surface area (Å²) in [7, 11) is 1.84. The Morgan fingerprint density at radius 2 is 2.00 bits per heavy atom. The van der Waals surface area contributed by atoms with Gasteiger partial charge in [0, 0.05) is 58.4 Å². The van der Waals surface area contributed by atoms with Crippen LogP contribution in [0.1, 0.15) is 11.5 Å². The van der Waals surface area contributed by atoms with Crippen LogP contribution < -0.4 is 5.32 Å². The van der Waals surface area contributed by atoms with E-state index in [2.05, 4.69) is 10.4 Å². The number of nitrogens with zero attached hydrogens (tertiary/aromatic N) is 4. The summed E-state index contributed by atoms with van der Waals surface area (Å²) in [4.78, 5) is 15.9. The Kier molecular flexibility index (Phi) is 4.82. The van der Waals surface area contributed by atoms with E-state index >= 15 is 0 Å². The second-order valence-electron chi connectivity index (χ2n) is 6.54. The summed E-state index contributed by atoms with van der Waals surface area (Å²) in [5.74, 6) is -0.0803. The monoisotopic (exact) mass is 345 g/mol. The number of alkyl halides is 3. The molecule has 0 radical (unpaired) electrons. The van der Waals surface area contributed by atoms with Gasteiger partial charge < -0.3 is 10.2 Å². The Morgan fingerprint density at radius 3 is 2.58 bits per heavy atom. The van der Waals surface area contributed by atoms with Gasteiger partial charge in [0.2, 0.25) is 5.91 Å². The molecular weight excluding hydrogens is 323 g/mol. The number of hydrogen-bond acceptors (Lipinski definition) is 4. The van der Waals surface area contributed by atoms with E-state index in [0.29, 0.717) is 19.6 Å². The van der Waals surface area contributed by atoms with E-state index in [-0.39, 0.29) is 30.8 Å². The zero-order valence-electron chi connectivity index (χ0n) is 13.6. The fraction of sp³-hybridized carbons (Fsp3) is 0.733. The van der Waals surface area contributed by atoms with Gasteiger partial charge >= 0.3 is 6.18 Å². The van der Waals surface area contributed by atoms with Gasteiger partial charge in [-0.25, -0.2) is 0 Å². The summed E-state index contributed by atoms with van der Waals surface area (Å²) >= 11 is 0. The van der Waals surface area contributed by atoms with Crippen LogP contribution in [0.5, 0.6) is 0 Å². The molecule has 0 saturated carbocycles. The number of amides is 1. The van der Waals surface area contributed by atoms with Gasteiger partial charge in [-0.3, -0.25) is 14.4 Å². The van der Waals surface area contributed by atoms with Crippen molar-refractivity contribution < 1.29 is 18.0 Å². The highest BCUT2D eigenvalue weighted by Gasteiger charge is 2.39. The molecule has 0 aliphatic carbocycles. The first kappa shape index (κ1) is 17.2. The third kappa shape index (κ3) is 3.89. The second-order valence-corrected chi connectivity index (χ2v) is 6.54. The molecule has 2 atom stereocenters. The van der Waals surface area contributed by atoms with Crippen molar-refractivity contribution in [2.75, 3.05) is 45.8 Å². The summed E-state index contributed by atoms with van der Waals surface area (Å²) in [6, 6.07) is 0. The quantitative estimate of drug-likeness (QED) is 0.863. The van der Waals surface area contributed by atoms with Crippen LogP contribution in [0.15, 0.2) is 12.4 Å². The van der Waals surface area contributed by atoms with Crippen molar-refractivity contribution in [3.8, 4) is 0 Å². The van der Waals surface area contributed by atoms with Gasteiger partial charge in [-0.2, -0.15) is 18.3 Å². The molecule has 6 nitrogen and oxygen atoms in total. The molecule has 0 unspecified atom stereocenters. The van der Waals surface area contributed by atoms with Crippen LogP contribution in [0.25, 0.3) is 0 Å². The van der Waals surface area contributed by atoms with Gasteiger partial charge in [0.25, 0.3) is 0 Å². The Morgan fingerprint density at radius 1 is 1.29 bits per heavy atom. The number of hydrogen-bond donors (Lipinski definition) is 1. The normalized spacial score (nSPS) is 26.1. The number of carbonyl (C=O) groups excluding carboxylic acids is 1. The highest BCUT2D eigenvalue weighted by molar-refractivity contribution is 5.80. The van der Waals surface area contributed by atoms with Crippen molar-refractivity contribution in [2.24, 2.45) is 13.0 Å². The fourth-order valence-electron chi connectivity index (χ4n) is 3.53. The van der Waals surface area contributed by atoms with Gasteiger partial charge in [0.05, 0.1) is 18.7 Å². The predicted octanol–water partition coefficient (Wildman–Crippen LogP) is 0.430. The Labute approximate surface area is 138 Å². The number of halogens is 3. The van der Waals surface area contributed by atoms with Crippen LogP contribution >= 0.6 is 0 Å². The lowest BCUT2D eigenvalue weighted by molar-refractivity contribution is -0.152. The van der Waals surface area contributed by atoms with Crippen LogP contribution in [0.4, 0.5) is 13.2 Å². The maximum atomic E-state index is 12.8. The maximum absolute atomic E-state index is 12.8. The molecule has 0 spiro atoms. The number of aromatic nitrogens is 2. The topological polar surface area (TPSA) is 53.4 Å². The van der Waals surface area contributed by atoms with Crippen molar-refractivity contribution in [2.45, 2.75) is 12.1 Å². The molecule has 1 aromatic heterocycles. The average molecular weight is 345 g/mol. The highest BCUT2D eigenvalue weighted by atomic mass is 19.4. The standard InChI is InChI=1S/C15H22F3N5O/c1-21-9-11(6-20-21)12-7-19-8-13(12)14(24)23-4-2-22(3-5-23)10-15(16,17)18/h6,9,12-13,19H,2-5,7-8,10H2,1H3/t12-,13+/m1/s1. The van der Waals surface area contributed by atoms with Crippen LogP contribution in [0.2, 0.25) is 0 Å². The minimum absolute atomic E-state index is 0.0283. The van der Waals surface area contributed by atoms with Crippen LogP contribution in [0, 0.1) is 5.92 Å². The molecule has 3 heterocycles. The van der Waals surface area contributed by atoms with Gasteiger partial charge in [0.1, 0.15) is 0 Å². The van der Waals surface area contributed by atoms with Crippen molar-refractivity contribution in [1.82, 2.24) is 24.9 Å². The van der Waals surface area contributed by atoms with Crippen molar-refractivity contribution in [3.63, 3.8) is 0 Å². The molecular formula is C15H22F3N5O. The van der Waals surface area contributed by atoms with Gasteiger partial charge in [0.15, 0.2) is 0 Å². The molecule has 2 aliphatic rings.